The van der Waals surface area contributed by atoms with Gasteiger partial charge in [-0.25, -0.2) is 4.79 Å². The molecule has 156 valence electrons. The van der Waals surface area contributed by atoms with Gasteiger partial charge in [0, 0.05) is 5.56 Å². The molecule has 2 amide bonds. The molecule has 4 N–H and O–H groups in total. The number of carbonyl (C=O) groups is 3. The van der Waals surface area contributed by atoms with E-state index >= 15 is 0 Å². The average molecular weight is 419 g/mol. The number of primary amides is 1. The van der Waals surface area contributed by atoms with Crippen LogP contribution in [0.2, 0.25) is 0 Å². The van der Waals surface area contributed by atoms with Crippen molar-refractivity contribution in [3.63, 3.8) is 0 Å². The van der Waals surface area contributed by atoms with E-state index in [0.29, 0.717) is 17.1 Å². The molecule has 2 rings (SSSR count). The second-order valence-electron chi connectivity index (χ2n) is 6.87. The number of ether oxygens (including phenoxy) is 1. The zero-order chi connectivity index (χ0) is 21.6. The van der Waals surface area contributed by atoms with E-state index in [2.05, 4.69) is 36.5 Å². The summed E-state index contributed by atoms with van der Waals surface area (Å²) in [5.74, 6) is -1.48. The number of esters is 1. The van der Waals surface area contributed by atoms with E-state index in [9.17, 15) is 14.4 Å². The first-order valence-electron chi connectivity index (χ1n) is 9.56. The fourth-order valence-electron chi connectivity index (χ4n) is 3.03. The van der Waals surface area contributed by atoms with Gasteiger partial charge in [0.15, 0.2) is 6.54 Å². The number of carbonyl (C=O) groups excluding carboxylic acids is 3. The van der Waals surface area contributed by atoms with Gasteiger partial charge in [-0.1, -0.05) is 31.2 Å². The summed E-state index contributed by atoms with van der Waals surface area (Å²) < 4.78 is 5.06. The Hall–Kier alpha value is -2.71. The van der Waals surface area contributed by atoms with Crippen LogP contribution in [0.3, 0.4) is 0 Å². The fraction of sp³-hybridized carbons (Fsp3) is 0.381. The number of rotatable bonds is 9. The van der Waals surface area contributed by atoms with Crippen LogP contribution in [0.5, 0.6) is 0 Å². The number of nitrogens with two attached hydrogens (primary N) is 1. The van der Waals surface area contributed by atoms with Crippen molar-refractivity contribution < 1.29 is 24.0 Å². The molecule has 0 aliphatic heterocycles. The molecular formula is C21H28N3O4S+. The number of benzene rings is 1. The first-order chi connectivity index (χ1) is 13.8. The lowest BCUT2D eigenvalue weighted by molar-refractivity contribution is -0.885. The minimum absolute atomic E-state index is 0.187. The molecule has 0 spiro atoms. The highest BCUT2D eigenvalue weighted by Gasteiger charge is 2.26. The predicted octanol–water partition coefficient (Wildman–Crippen LogP) is 1.55. The predicted molar refractivity (Wildman–Crippen MR) is 113 cm³/mol. The van der Waals surface area contributed by atoms with Gasteiger partial charge >= 0.3 is 5.97 Å². The number of quaternary nitrogens is 1. The van der Waals surface area contributed by atoms with Crippen LogP contribution in [0.4, 0.5) is 5.00 Å². The number of hydrogen-bond acceptors (Lipinski definition) is 5. The largest absolute Gasteiger partial charge is 0.462 e. The van der Waals surface area contributed by atoms with Gasteiger partial charge in [0.2, 0.25) is 0 Å². The normalized spacial score (nSPS) is 11.7. The van der Waals surface area contributed by atoms with Crippen molar-refractivity contribution >= 4 is 34.1 Å². The van der Waals surface area contributed by atoms with E-state index in [0.717, 1.165) is 28.2 Å². The zero-order valence-corrected chi connectivity index (χ0v) is 18.1. The van der Waals surface area contributed by atoms with Crippen molar-refractivity contribution in [2.45, 2.75) is 33.7 Å². The van der Waals surface area contributed by atoms with E-state index < -0.39 is 11.9 Å². The number of anilines is 1. The van der Waals surface area contributed by atoms with Crippen molar-refractivity contribution in [1.29, 1.82) is 0 Å². The molecule has 1 aromatic heterocycles. The van der Waals surface area contributed by atoms with E-state index in [1.807, 2.05) is 7.05 Å². The molecular weight excluding hydrogens is 390 g/mol. The maximum atomic E-state index is 12.5. The highest BCUT2D eigenvalue weighted by atomic mass is 32.1. The summed E-state index contributed by atoms with van der Waals surface area (Å²) in [6, 6.07) is 8.32. The topological polar surface area (TPSA) is 103 Å². The summed E-state index contributed by atoms with van der Waals surface area (Å²) >= 11 is 0.995. The molecule has 0 aliphatic rings. The van der Waals surface area contributed by atoms with Crippen molar-refractivity contribution in [2.24, 2.45) is 5.73 Å². The van der Waals surface area contributed by atoms with Gasteiger partial charge in [-0.2, -0.15) is 0 Å². The van der Waals surface area contributed by atoms with Gasteiger partial charge in [-0.3, -0.25) is 9.59 Å². The highest BCUT2D eigenvalue weighted by molar-refractivity contribution is 7.18. The van der Waals surface area contributed by atoms with E-state index in [-0.39, 0.29) is 29.5 Å². The molecule has 29 heavy (non-hydrogen) atoms. The first-order valence-corrected chi connectivity index (χ1v) is 10.4. The van der Waals surface area contributed by atoms with Crippen molar-refractivity contribution in [3.05, 3.63) is 51.4 Å². The molecule has 1 unspecified atom stereocenters. The monoisotopic (exact) mass is 418 g/mol. The molecule has 0 fully saturated rings. The van der Waals surface area contributed by atoms with Crippen LogP contribution < -0.4 is 16.0 Å². The maximum Gasteiger partial charge on any atom is 0.341 e. The minimum Gasteiger partial charge on any atom is -0.462 e. The number of likely N-dealkylation sites (N-methyl/N-ethyl adjacent to an activating group) is 1. The Labute approximate surface area is 174 Å². The molecule has 1 heterocycles. The third-order valence-electron chi connectivity index (χ3n) is 4.50. The molecule has 2 aromatic rings. The van der Waals surface area contributed by atoms with Gasteiger partial charge in [0.05, 0.1) is 24.1 Å². The van der Waals surface area contributed by atoms with Gasteiger partial charge in [0.1, 0.15) is 11.5 Å². The molecule has 0 aliphatic carbocycles. The summed E-state index contributed by atoms with van der Waals surface area (Å²) in [4.78, 5) is 37.7. The smallest absolute Gasteiger partial charge is 0.341 e. The summed E-state index contributed by atoms with van der Waals surface area (Å²) in [5, 5.41) is 3.04. The van der Waals surface area contributed by atoms with Crippen molar-refractivity contribution in [3.8, 4) is 0 Å². The average Bonchev–Trinajstić information content (AvgIpc) is 2.98. The molecule has 0 bridgehead atoms. The van der Waals surface area contributed by atoms with E-state index in [1.165, 1.54) is 5.56 Å². The lowest BCUT2D eigenvalue weighted by Gasteiger charge is -2.14. The van der Waals surface area contributed by atoms with E-state index in [4.69, 9.17) is 10.5 Å². The molecule has 0 radical (unpaired) electrons. The number of nitrogens with one attached hydrogen (secondary N) is 2. The summed E-state index contributed by atoms with van der Waals surface area (Å²) in [6.45, 7) is 6.52. The van der Waals surface area contributed by atoms with Crippen molar-refractivity contribution in [1.82, 2.24) is 0 Å². The second kappa shape index (κ2) is 10.2. The zero-order valence-electron chi connectivity index (χ0n) is 17.3. The summed E-state index contributed by atoms with van der Waals surface area (Å²) in [6.07, 6.45) is 0.988. The number of aryl methyl sites for hydroxylation is 1. The van der Waals surface area contributed by atoms with Crippen LogP contribution in [-0.2, 0) is 22.5 Å². The molecule has 7 nitrogen and oxygen atoms in total. The van der Waals surface area contributed by atoms with Crippen molar-refractivity contribution in [2.75, 3.05) is 25.5 Å². The molecule has 8 heteroatoms. The van der Waals surface area contributed by atoms with Gasteiger partial charge in [-0.05, 0) is 31.4 Å². The third kappa shape index (κ3) is 5.88. The number of hydrogen-bond donors (Lipinski definition) is 3. The Morgan fingerprint density at radius 1 is 1.14 bits per heavy atom. The highest BCUT2D eigenvalue weighted by Crippen LogP contribution is 2.33. The first kappa shape index (κ1) is 22.6. The van der Waals surface area contributed by atoms with Crippen LogP contribution in [0.1, 0.15) is 50.6 Å². The Bertz CT molecular complexity index is 890. The Balaban J connectivity index is 2.09. The second-order valence-corrected chi connectivity index (χ2v) is 7.89. The molecule has 1 atom stereocenters. The van der Waals surface area contributed by atoms with Gasteiger partial charge in [0.25, 0.3) is 11.8 Å². The molecule has 0 saturated heterocycles. The molecule has 0 saturated carbocycles. The minimum atomic E-state index is -0.642. The van der Waals surface area contributed by atoms with Crippen LogP contribution in [-0.4, -0.2) is 38.0 Å². The van der Waals surface area contributed by atoms with Crippen LogP contribution in [0.25, 0.3) is 0 Å². The lowest BCUT2D eigenvalue weighted by atomic mass is 10.1. The summed E-state index contributed by atoms with van der Waals surface area (Å²) in [5.41, 5.74) is 8.42. The van der Waals surface area contributed by atoms with E-state index in [1.54, 1.807) is 13.8 Å². The van der Waals surface area contributed by atoms with Crippen LogP contribution in [0, 0.1) is 6.92 Å². The molecule has 1 aromatic carbocycles. The Morgan fingerprint density at radius 3 is 2.31 bits per heavy atom. The van der Waals surface area contributed by atoms with Gasteiger partial charge < -0.3 is 20.7 Å². The standard InChI is InChI=1S/C21H27N3O4S/c1-5-14-7-9-15(10-8-14)11-24(4)12-16(25)23-20-17(21(27)28-6-2)13(3)18(29-20)19(22)26/h7-10H,5-6,11-12H2,1-4H3,(H2,22,26)(H,23,25)/p+1. The summed E-state index contributed by atoms with van der Waals surface area (Å²) in [7, 11) is 1.92. The number of thiophene rings is 1. The Kier molecular flexibility index (Phi) is 7.92. The quantitative estimate of drug-likeness (QED) is 0.538. The SMILES string of the molecule is CCOC(=O)c1c(NC(=O)C[NH+](C)Cc2ccc(CC)cc2)sc(C(N)=O)c1C. The van der Waals surface area contributed by atoms with Crippen LogP contribution in [0.15, 0.2) is 24.3 Å². The Morgan fingerprint density at radius 2 is 1.76 bits per heavy atom. The maximum absolute atomic E-state index is 12.5. The number of amides is 2. The third-order valence-corrected chi connectivity index (χ3v) is 5.72. The fourth-order valence-corrected chi connectivity index (χ4v) is 4.10. The lowest BCUT2D eigenvalue weighted by Crippen LogP contribution is -3.08. The van der Waals surface area contributed by atoms with Crippen LogP contribution >= 0.6 is 11.3 Å². The van der Waals surface area contributed by atoms with Gasteiger partial charge in [-0.15, -0.1) is 11.3 Å².